The number of ether oxygens (including phenoxy) is 1. The molecule has 0 aliphatic carbocycles. The minimum Gasteiger partial charge on any atom is -0.445 e. The number of halogens is 1. The lowest BCUT2D eigenvalue weighted by molar-refractivity contribution is -0.162. The van der Waals surface area contributed by atoms with Gasteiger partial charge in [-0.05, 0) is 50.3 Å². The van der Waals surface area contributed by atoms with Crippen molar-refractivity contribution >= 4 is 30.3 Å². The first kappa shape index (κ1) is 35.0. The van der Waals surface area contributed by atoms with Crippen LogP contribution in [0.3, 0.4) is 0 Å². The van der Waals surface area contributed by atoms with Crippen molar-refractivity contribution in [3.8, 4) is 11.5 Å². The highest BCUT2D eigenvalue weighted by molar-refractivity contribution is 6.00. The topological polar surface area (TPSA) is 117 Å². The Bertz CT molecular complexity index is 1440. The van der Waals surface area contributed by atoms with Gasteiger partial charge in [-0.2, -0.15) is 0 Å². The number of amides is 3. The van der Waals surface area contributed by atoms with E-state index in [9.17, 15) is 14.4 Å². The SMILES string of the molecule is CCC[C@H](NC(=O)OCc1ccccc1)[C@@H]1NC(=O)C2(CCN(CCc3nc(-c4ccccc4)oc3C)CC2)N(CCC)C1=O.Cl. The van der Waals surface area contributed by atoms with Crippen molar-refractivity contribution < 1.29 is 23.5 Å². The zero-order valence-corrected chi connectivity index (χ0v) is 27.8. The van der Waals surface area contributed by atoms with Crippen molar-refractivity contribution in [2.75, 3.05) is 26.2 Å². The van der Waals surface area contributed by atoms with Crippen molar-refractivity contribution in [1.82, 2.24) is 25.4 Å². The van der Waals surface area contributed by atoms with E-state index in [-0.39, 0.29) is 30.8 Å². The summed E-state index contributed by atoms with van der Waals surface area (Å²) in [5, 5.41) is 5.91. The van der Waals surface area contributed by atoms with Crippen molar-refractivity contribution in [1.29, 1.82) is 0 Å². The smallest absolute Gasteiger partial charge is 0.407 e. The summed E-state index contributed by atoms with van der Waals surface area (Å²) in [5.41, 5.74) is 1.87. The molecular weight excluding hydrogens is 606 g/mol. The standard InChI is InChI=1S/C35H45N5O5.ClH/c1-4-12-29(37-34(43)44-24-26-13-8-6-9-14-26)30-32(41)40(20-5-2)35(33(42)38-30)18-22-39(23-19-35)21-17-28-25(3)45-31(36-28)27-15-10-7-11-16-27;/h6-11,13-16,29-30H,4-5,12,17-24H2,1-3H3,(H,37,43)(H,38,42);1H/t29-,30-;/m0./s1. The maximum absolute atomic E-state index is 14.0. The fourth-order valence-electron chi connectivity index (χ4n) is 6.48. The second-order valence-electron chi connectivity index (χ2n) is 12.1. The molecule has 248 valence electrons. The van der Waals surface area contributed by atoms with Gasteiger partial charge >= 0.3 is 6.09 Å². The molecule has 0 radical (unpaired) electrons. The molecule has 11 heteroatoms. The van der Waals surface area contributed by atoms with Crippen LogP contribution in [0.25, 0.3) is 11.5 Å². The summed E-state index contributed by atoms with van der Waals surface area (Å²) >= 11 is 0. The number of likely N-dealkylation sites (tertiary alicyclic amines) is 1. The molecule has 1 aromatic heterocycles. The molecule has 3 aromatic rings. The highest BCUT2D eigenvalue weighted by Crippen LogP contribution is 2.34. The summed E-state index contributed by atoms with van der Waals surface area (Å²) in [6, 6.07) is 17.9. The molecule has 0 saturated carbocycles. The summed E-state index contributed by atoms with van der Waals surface area (Å²) in [4.78, 5) is 49.6. The third kappa shape index (κ3) is 7.90. The Morgan fingerprint density at radius 2 is 1.72 bits per heavy atom. The zero-order valence-electron chi connectivity index (χ0n) is 27.0. The Balaban J connectivity index is 0.00000480. The number of aromatic nitrogens is 1. The van der Waals surface area contributed by atoms with Gasteiger partial charge in [-0.25, -0.2) is 9.78 Å². The number of oxazole rings is 1. The van der Waals surface area contributed by atoms with Crippen molar-refractivity contribution in [3.05, 3.63) is 77.7 Å². The summed E-state index contributed by atoms with van der Waals surface area (Å²) in [6.45, 7) is 8.74. The van der Waals surface area contributed by atoms with Crippen LogP contribution in [0.2, 0.25) is 0 Å². The average molecular weight is 652 g/mol. The predicted octanol–water partition coefficient (Wildman–Crippen LogP) is 5.28. The van der Waals surface area contributed by atoms with Gasteiger partial charge in [0.15, 0.2) is 0 Å². The van der Waals surface area contributed by atoms with E-state index >= 15 is 0 Å². The molecule has 0 bridgehead atoms. The van der Waals surface area contributed by atoms with Crippen LogP contribution in [0.4, 0.5) is 4.79 Å². The number of nitrogens with one attached hydrogen (secondary N) is 2. The molecule has 2 atom stereocenters. The van der Waals surface area contributed by atoms with Gasteiger partial charge in [0, 0.05) is 38.2 Å². The van der Waals surface area contributed by atoms with Crippen LogP contribution < -0.4 is 10.6 Å². The number of alkyl carbamates (subject to hydrolysis) is 1. The van der Waals surface area contributed by atoms with Crippen LogP contribution in [0.1, 0.15) is 63.0 Å². The first-order chi connectivity index (χ1) is 21.8. The number of aryl methyl sites for hydroxylation is 1. The van der Waals surface area contributed by atoms with E-state index in [0.29, 0.717) is 44.8 Å². The number of hydrogen-bond donors (Lipinski definition) is 2. The largest absolute Gasteiger partial charge is 0.445 e. The third-order valence-corrected chi connectivity index (χ3v) is 8.98. The Morgan fingerprint density at radius 1 is 1.04 bits per heavy atom. The second-order valence-corrected chi connectivity index (χ2v) is 12.1. The van der Waals surface area contributed by atoms with E-state index in [1.807, 2.05) is 81.4 Å². The van der Waals surface area contributed by atoms with E-state index in [1.165, 1.54) is 0 Å². The maximum Gasteiger partial charge on any atom is 0.407 e. The molecule has 3 heterocycles. The first-order valence-corrected chi connectivity index (χ1v) is 16.2. The number of rotatable bonds is 12. The minimum absolute atomic E-state index is 0. The van der Waals surface area contributed by atoms with Crippen LogP contribution in [0, 0.1) is 6.92 Å². The number of carbonyl (C=O) groups is 3. The van der Waals surface area contributed by atoms with E-state index in [4.69, 9.17) is 14.1 Å². The fraction of sp³-hybridized carbons (Fsp3) is 0.486. The molecule has 10 nitrogen and oxygen atoms in total. The van der Waals surface area contributed by atoms with Gasteiger partial charge in [0.25, 0.3) is 0 Å². The fourth-order valence-corrected chi connectivity index (χ4v) is 6.48. The van der Waals surface area contributed by atoms with Gasteiger partial charge < -0.3 is 29.6 Å². The van der Waals surface area contributed by atoms with Crippen LogP contribution in [-0.4, -0.2) is 76.5 Å². The molecule has 5 rings (SSSR count). The molecule has 2 aliphatic rings. The van der Waals surface area contributed by atoms with Gasteiger partial charge in [0.1, 0.15) is 23.9 Å². The summed E-state index contributed by atoms with van der Waals surface area (Å²) in [6.07, 6.45) is 3.24. The number of nitrogens with zero attached hydrogens (tertiary/aromatic N) is 3. The Labute approximate surface area is 277 Å². The monoisotopic (exact) mass is 651 g/mol. The number of piperidine rings is 1. The molecule has 2 aromatic carbocycles. The first-order valence-electron chi connectivity index (χ1n) is 16.2. The van der Waals surface area contributed by atoms with E-state index in [0.717, 1.165) is 48.4 Å². The molecule has 2 fully saturated rings. The van der Waals surface area contributed by atoms with Crippen molar-refractivity contribution in [3.63, 3.8) is 0 Å². The summed E-state index contributed by atoms with van der Waals surface area (Å²) < 4.78 is 11.4. The van der Waals surface area contributed by atoms with Crippen molar-refractivity contribution in [2.24, 2.45) is 0 Å². The summed E-state index contributed by atoms with van der Waals surface area (Å²) in [7, 11) is 0. The van der Waals surface area contributed by atoms with Gasteiger partial charge in [0.2, 0.25) is 17.7 Å². The molecule has 2 saturated heterocycles. The Morgan fingerprint density at radius 3 is 2.37 bits per heavy atom. The molecule has 0 unspecified atom stereocenters. The number of carbonyl (C=O) groups excluding carboxylic acids is 3. The minimum atomic E-state index is -0.894. The zero-order chi connectivity index (χ0) is 31.8. The Hall–Kier alpha value is -3.89. The average Bonchev–Trinajstić information content (AvgIpc) is 3.44. The molecule has 3 amide bonds. The quantitative estimate of drug-likeness (QED) is 0.274. The van der Waals surface area contributed by atoms with Crippen LogP contribution in [0.15, 0.2) is 65.1 Å². The lowest BCUT2D eigenvalue weighted by Gasteiger charge is -2.52. The summed E-state index contributed by atoms with van der Waals surface area (Å²) in [5.74, 6) is 1.17. The molecule has 1 spiro atoms. The van der Waals surface area contributed by atoms with E-state index < -0.39 is 23.7 Å². The Kier molecular flexibility index (Phi) is 12.2. The third-order valence-electron chi connectivity index (χ3n) is 8.98. The normalized spacial score (nSPS) is 18.5. The van der Waals surface area contributed by atoms with Crippen molar-refractivity contribution in [2.45, 2.75) is 83.5 Å². The number of hydrogen-bond acceptors (Lipinski definition) is 7. The lowest BCUT2D eigenvalue weighted by atomic mass is 9.80. The highest BCUT2D eigenvalue weighted by Gasteiger charge is 2.54. The van der Waals surface area contributed by atoms with Gasteiger partial charge in [-0.1, -0.05) is 68.8 Å². The predicted molar refractivity (Wildman–Crippen MR) is 178 cm³/mol. The second kappa shape index (κ2) is 16.1. The number of piperazine rings is 1. The van der Waals surface area contributed by atoms with Crippen LogP contribution in [-0.2, 0) is 27.4 Å². The maximum atomic E-state index is 14.0. The van der Waals surface area contributed by atoms with Gasteiger partial charge in [-0.15, -0.1) is 12.4 Å². The lowest BCUT2D eigenvalue weighted by Crippen LogP contribution is -2.75. The molecule has 2 N–H and O–H groups in total. The van der Waals surface area contributed by atoms with Gasteiger partial charge in [-0.3, -0.25) is 9.59 Å². The molecular formula is C35H46ClN5O5. The molecule has 46 heavy (non-hydrogen) atoms. The highest BCUT2D eigenvalue weighted by atomic mass is 35.5. The van der Waals surface area contributed by atoms with Crippen LogP contribution in [0.5, 0.6) is 0 Å². The molecule has 2 aliphatic heterocycles. The van der Waals surface area contributed by atoms with Crippen LogP contribution >= 0.6 is 12.4 Å². The van der Waals surface area contributed by atoms with E-state index in [1.54, 1.807) is 4.90 Å². The number of benzene rings is 2. The van der Waals surface area contributed by atoms with Gasteiger partial charge in [0.05, 0.1) is 11.7 Å². The van der Waals surface area contributed by atoms with E-state index in [2.05, 4.69) is 15.5 Å².